The van der Waals surface area contributed by atoms with Crippen LogP contribution in [-0.2, 0) is 11.3 Å². The Labute approximate surface area is 104 Å². The molecular formula is C11H13ClN2O3. The predicted octanol–water partition coefficient (Wildman–Crippen LogP) is 1.26. The van der Waals surface area contributed by atoms with Crippen molar-refractivity contribution in [2.24, 2.45) is 0 Å². The van der Waals surface area contributed by atoms with Crippen LogP contribution in [0.1, 0.15) is 5.56 Å². The van der Waals surface area contributed by atoms with Crippen molar-refractivity contribution in [1.29, 1.82) is 0 Å². The number of methoxy groups -OCH3 is 1. The molecule has 1 rings (SSSR count). The van der Waals surface area contributed by atoms with Crippen molar-refractivity contribution in [2.75, 3.05) is 13.0 Å². The number of urea groups is 1. The van der Waals surface area contributed by atoms with Gasteiger partial charge in [-0.05, 0) is 6.07 Å². The molecule has 0 fully saturated rings. The molecule has 0 saturated carbocycles. The molecule has 1 aromatic rings. The van der Waals surface area contributed by atoms with Gasteiger partial charge in [-0.3, -0.25) is 10.1 Å². The summed E-state index contributed by atoms with van der Waals surface area (Å²) in [6.45, 7) is 0.269. The first-order valence-electron chi connectivity index (χ1n) is 4.93. The maximum Gasteiger partial charge on any atom is 0.321 e. The quantitative estimate of drug-likeness (QED) is 0.797. The monoisotopic (exact) mass is 256 g/mol. The number of rotatable bonds is 4. The second-order valence-electron chi connectivity index (χ2n) is 3.18. The van der Waals surface area contributed by atoms with Crippen LogP contribution in [0.3, 0.4) is 0 Å². The molecule has 0 radical (unpaired) electrons. The zero-order valence-corrected chi connectivity index (χ0v) is 10.1. The minimum absolute atomic E-state index is 0.248. The highest BCUT2D eigenvalue weighted by atomic mass is 35.5. The molecule has 5 nitrogen and oxygen atoms in total. The Balaban J connectivity index is 2.50. The van der Waals surface area contributed by atoms with Gasteiger partial charge >= 0.3 is 6.03 Å². The van der Waals surface area contributed by atoms with Crippen LogP contribution in [0.5, 0.6) is 5.75 Å². The fraction of sp³-hybridized carbons (Fsp3) is 0.273. The predicted molar refractivity (Wildman–Crippen MR) is 64.1 cm³/mol. The number of benzene rings is 1. The number of ether oxygens (including phenoxy) is 1. The molecule has 0 heterocycles. The summed E-state index contributed by atoms with van der Waals surface area (Å²) < 4.78 is 5.12. The van der Waals surface area contributed by atoms with Gasteiger partial charge in [0.25, 0.3) is 0 Å². The Bertz CT molecular complexity index is 409. The first kappa shape index (κ1) is 13.3. The molecule has 0 saturated heterocycles. The topological polar surface area (TPSA) is 67.4 Å². The van der Waals surface area contributed by atoms with Gasteiger partial charge in [-0.1, -0.05) is 18.2 Å². The fourth-order valence-corrected chi connectivity index (χ4v) is 1.30. The van der Waals surface area contributed by atoms with Gasteiger partial charge in [0.1, 0.15) is 11.6 Å². The minimum atomic E-state index is -0.582. The average molecular weight is 257 g/mol. The van der Waals surface area contributed by atoms with Crippen LogP contribution in [0.15, 0.2) is 24.3 Å². The molecule has 3 amide bonds. The highest BCUT2D eigenvalue weighted by Gasteiger charge is 2.07. The number of amides is 3. The summed E-state index contributed by atoms with van der Waals surface area (Å²) in [4.78, 5) is 22.1. The van der Waals surface area contributed by atoms with Crippen LogP contribution in [0, 0.1) is 0 Å². The van der Waals surface area contributed by atoms with Crippen LogP contribution < -0.4 is 15.4 Å². The van der Waals surface area contributed by atoms with Gasteiger partial charge in [-0.2, -0.15) is 0 Å². The van der Waals surface area contributed by atoms with Crippen LogP contribution in [0.25, 0.3) is 0 Å². The second kappa shape index (κ2) is 6.75. The molecule has 0 unspecified atom stereocenters. The summed E-state index contributed by atoms with van der Waals surface area (Å²) >= 11 is 5.25. The molecule has 2 N–H and O–H groups in total. The number of hydrogen-bond acceptors (Lipinski definition) is 3. The maximum atomic E-state index is 11.2. The lowest BCUT2D eigenvalue weighted by Gasteiger charge is -2.09. The molecule has 0 aliphatic carbocycles. The molecule has 0 atom stereocenters. The van der Waals surface area contributed by atoms with Crippen LogP contribution in [0.4, 0.5) is 4.79 Å². The van der Waals surface area contributed by atoms with Crippen molar-refractivity contribution in [3.05, 3.63) is 29.8 Å². The first-order chi connectivity index (χ1) is 8.17. The Morgan fingerprint density at radius 3 is 2.71 bits per heavy atom. The van der Waals surface area contributed by atoms with Crippen molar-refractivity contribution in [2.45, 2.75) is 6.54 Å². The first-order valence-corrected chi connectivity index (χ1v) is 5.46. The molecule has 0 bridgehead atoms. The Morgan fingerprint density at radius 1 is 1.35 bits per heavy atom. The summed E-state index contributed by atoms with van der Waals surface area (Å²) in [6.07, 6.45) is 0. The summed E-state index contributed by atoms with van der Waals surface area (Å²) in [5.74, 6) is -0.108. The van der Waals surface area contributed by atoms with E-state index in [0.29, 0.717) is 5.75 Å². The van der Waals surface area contributed by atoms with E-state index < -0.39 is 11.9 Å². The lowest BCUT2D eigenvalue weighted by atomic mass is 10.2. The van der Waals surface area contributed by atoms with E-state index in [1.807, 2.05) is 18.2 Å². The summed E-state index contributed by atoms with van der Waals surface area (Å²) in [6, 6.07) is 6.70. The van der Waals surface area contributed by atoms with Gasteiger partial charge in [-0.15, -0.1) is 11.6 Å². The van der Waals surface area contributed by atoms with E-state index in [-0.39, 0.29) is 12.4 Å². The molecule has 0 aliphatic heterocycles. The van der Waals surface area contributed by atoms with Crippen molar-refractivity contribution < 1.29 is 14.3 Å². The number of para-hydroxylation sites is 1. The van der Waals surface area contributed by atoms with Crippen molar-refractivity contribution >= 4 is 23.5 Å². The Kier molecular flexibility index (Phi) is 5.29. The highest BCUT2D eigenvalue weighted by molar-refractivity contribution is 6.28. The third-order valence-corrected chi connectivity index (χ3v) is 2.25. The summed E-state index contributed by atoms with van der Waals surface area (Å²) in [7, 11) is 1.55. The van der Waals surface area contributed by atoms with E-state index in [1.165, 1.54) is 0 Å². The normalized spacial score (nSPS) is 9.53. The van der Waals surface area contributed by atoms with E-state index in [4.69, 9.17) is 16.3 Å². The summed E-state index contributed by atoms with van der Waals surface area (Å²) in [5.41, 5.74) is 0.823. The van der Waals surface area contributed by atoms with E-state index in [9.17, 15) is 9.59 Å². The van der Waals surface area contributed by atoms with E-state index in [2.05, 4.69) is 10.6 Å². The minimum Gasteiger partial charge on any atom is -0.496 e. The van der Waals surface area contributed by atoms with Gasteiger partial charge in [0, 0.05) is 12.1 Å². The number of alkyl halides is 1. The van der Waals surface area contributed by atoms with Gasteiger partial charge in [-0.25, -0.2) is 4.79 Å². The zero-order valence-electron chi connectivity index (χ0n) is 9.33. The largest absolute Gasteiger partial charge is 0.496 e. The van der Waals surface area contributed by atoms with Gasteiger partial charge in [0.15, 0.2) is 0 Å². The molecule has 1 aromatic carbocycles. The number of halogens is 1. The molecule has 17 heavy (non-hydrogen) atoms. The fourth-order valence-electron chi connectivity index (χ4n) is 1.23. The van der Waals surface area contributed by atoms with Gasteiger partial charge < -0.3 is 10.1 Å². The van der Waals surface area contributed by atoms with Crippen LogP contribution in [-0.4, -0.2) is 24.9 Å². The molecule has 6 heteroatoms. The van der Waals surface area contributed by atoms with E-state index in [1.54, 1.807) is 13.2 Å². The molecular weight excluding hydrogens is 244 g/mol. The lowest BCUT2D eigenvalue weighted by molar-refractivity contribution is -0.117. The van der Waals surface area contributed by atoms with Crippen molar-refractivity contribution in [3.63, 3.8) is 0 Å². The number of carbonyl (C=O) groups excluding carboxylic acids is 2. The van der Waals surface area contributed by atoms with Gasteiger partial charge in [0.2, 0.25) is 5.91 Å². The lowest BCUT2D eigenvalue weighted by Crippen LogP contribution is -2.39. The van der Waals surface area contributed by atoms with Crippen molar-refractivity contribution in [3.8, 4) is 5.75 Å². The third kappa shape index (κ3) is 4.32. The molecule has 92 valence electrons. The molecule has 0 aliphatic rings. The highest BCUT2D eigenvalue weighted by Crippen LogP contribution is 2.16. The second-order valence-corrected chi connectivity index (χ2v) is 3.44. The van der Waals surface area contributed by atoms with Crippen molar-refractivity contribution in [1.82, 2.24) is 10.6 Å². The standard InChI is InChI=1S/C11H13ClN2O3/c1-17-9-5-3-2-4-8(9)7-13-11(16)14-10(15)6-12/h2-5H,6-7H2,1H3,(H2,13,14,15,16). The SMILES string of the molecule is COc1ccccc1CNC(=O)NC(=O)CCl. The number of imide groups is 1. The van der Waals surface area contributed by atoms with E-state index in [0.717, 1.165) is 5.56 Å². The average Bonchev–Trinajstić information content (AvgIpc) is 2.36. The number of nitrogens with one attached hydrogen (secondary N) is 2. The molecule has 0 aromatic heterocycles. The van der Waals surface area contributed by atoms with Crippen LogP contribution >= 0.6 is 11.6 Å². The number of hydrogen-bond donors (Lipinski definition) is 2. The van der Waals surface area contributed by atoms with E-state index >= 15 is 0 Å². The molecule has 0 spiro atoms. The Morgan fingerprint density at radius 2 is 2.06 bits per heavy atom. The Hall–Kier alpha value is -1.75. The zero-order chi connectivity index (χ0) is 12.7. The smallest absolute Gasteiger partial charge is 0.321 e. The third-order valence-electron chi connectivity index (χ3n) is 2.01. The maximum absolute atomic E-state index is 11.2. The van der Waals surface area contributed by atoms with Gasteiger partial charge in [0.05, 0.1) is 7.11 Å². The van der Waals surface area contributed by atoms with Crippen LogP contribution in [0.2, 0.25) is 0 Å². The number of carbonyl (C=O) groups is 2. The summed E-state index contributed by atoms with van der Waals surface area (Å²) in [5, 5.41) is 4.60.